The fraction of sp³-hybridized carbons (Fsp3) is 0.273. The Morgan fingerprint density at radius 2 is 1.67 bits per heavy atom. The molecule has 0 bridgehead atoms. The second kappa shape index (κ2) is 9.41. The lowest BCUT2D eigenvalue weighted by atomic mass is 10.2. The first-order chi connectivity index (χ1) is 14.1. The van der Waals surface area contributed by atoms with Crippen molar-refractivity contribution >= 4 is 56.3 Å². The summed E-state index contributed by atoms with van der Waals surface area (Å²) < 4.78 is 54.7. The average Bonchev–Trinajstić information content (AvgIpc) is 2.98. The van der Waals surface area contributed by atoms with Crippen molar-refractivity contribution in [3.63, 3.8) is 0 Å². The van der Waals surface area contributed by atoms with Crippen LogP contribution in [0.2, 0.25) is 0 Å². The summed E-state index contributed by atoms with van der Waals surface area (Å²) >= 11 is 5.04. The maximum absolute atomic E-state index is 14.0. The van der Waals surface area contributed by atoms with Gasteiger partial charge in [0, 0.05) is 14.6 Å². The average molecular weight is 515 g/mol. The molecule has 0 radical (unpaired) electrons. The van der Waals surface area contributed by atoms with E-state index in [9.17, 15) is 13.3 Å². The smallest absolute Gasteiger partial charge is 0.302 e. The monoisotopic (exact) mass is 514 g/mol. The number of rotatable bonds is 7. The molecule has 0 spiro atoms. The summed E-state index contributed by atoms with van der Waals surface area (Å²) in [7, 11) is -3.81. The Bertz CT molecular complexity index is 1130. The lowest BCUT2D eigenvalue weighted by Gasteiger charge is -2.25. The summed E-state index contributed by atoms with van der Waals surface area (Å²) in [6, 6.07) is 11.3. The second-order valence-corrected chi connectivity index (χ2v) is 11.0. The van der Waals surface area contributed by atoms with E-state index in [2.05, 4.69) is 15.9 Å². The van der Waals surface area contributed by atoms with Gasteiger partial charge in [-0.2, -0.15) is 0 Å². The fourth-order valence-corrected chi connectivity index (χ4v) is 7.52. The van der Waals surface area contributed by atoms with Crippen LogP contribution < -0.4 is 0 Å². The molecule has 0 amide bonds. The maximum atomic E-state index is 14.0. The Hall–Kier alpha value is -1.37. The SMILES string of the molecule is CC(C)OP(=O)(OC(C)C)C(=Cc1ccc(F)c(F)c1)c1sc2ccccc2c1Br. The van der Waals surface area contributed by atoms with Gasteiger partial charge in [-0.3, -0.25) is 4.57 Å². The molecule has 0 fully saturated rings. The highest BCUT2D eigenvalue weighted by Gasteiger charge is 2.36. The van der Waals surface area contributed by atoms with Crippen molar-refractivity contribution in [1.82, 2.24) is 0 Å². The van der Waals surface area contributed by atoms with Crippen LogP contribution in [0.15, 0.2) is 46.9 Å². The number of benzene rings is 2. The Morgan fingerprint density at radius 1 is 1.03 bits per heavy atom. The molecule has 3 aromatic rings. The van der Waals surface area contributed by atoms with Gasteiger partial charge in [-0.15, -0.1) is 11.3 Å². The van der Waals surface area contributed by atoms with E-state index >= 15 is 0 Å². The van der Waals surface area contributed by atoms with Gasteiger partial charge in [-0.05, 0) is 73.5 Å². The third-order valence-electron chi connectivity index (χ3n) is 4.01. The number of thiophene rings is 1. The van der Waals surface area contributed by atoms with Crippen molar-refractivity contribution in [2.75, 3.05) is 0 Å². The van der Waals surface area contributed by atoms with Gasteiger partial charge in [0.15, 0.2) is 11.6 Å². The zero-order valence-corrected chi connectivity index (χ0v) is 20.3. The molecule has 1 aromatic heterocycles. The van der Waals surface area contributed by atoms with Crippen LogP contribution in [0.4, 0.5) is 8.78 Å². The molecule has 2 aromatic carbocycles. The van der Waals surface area contributed by atoms with Gasteiger partial charge in [-0.25, -0.2) is 8.78 Å². The zero-order valence-electron chi connectivity index (χ0n) is 17.0. The fourth-order valence-electron chi connectivity index (χ4n) is 2.90. The Kier molecular flexibility index (Phi) is 7.31. The highest BCUT2D eigenvalue weighted by Crippen LogP contribution is 2.65. The zero-order chi connectivity index (χ0) is 22.1. The van der Waals surface area contributed by atoms with Gasteiger partial charge in [0.1, 0.15) is 0 Å². The van der Waals surface area contributed by atoms with E-state index in [0.29, 0.717) is 15.8 Å². The summed E-state index contributed by atoms with van der Waals surface area (Å²) in [5, 5.41) is 1.25. The van der Waals surface area contributed by atoms with E-state index in [1.807, 2.05) is 24.3 Å². The van der Waals surface area contributed by atoms with Gasteiger partial charge >= 0.3 is 7.60 Å². The molecule has 3 nitrogen and oxygen atoms in total. The Morgan fingerprint density at radius 3 is 2.23 bits per heavy atom. The third kappa shape index (κ3) is 5.09. The van der Waals surface area contributed by atoms with Crippen molar-refractivity contribution in [2.45, 2.75) is 39.9 Å². The van der Waals surface area contributed by atoms with Gasteiger partial charge in [0.2, 0.25) is 0 Å². The summed E-state index contributed by atoms with van der Waals surface area (Å²) in [4.78, 5) is 0.658. The van der Waals surface area contributed by atoms with Crippen molar-refractivity contribution < 1.29 is 22.4 Å². The summed E-state index contributed by atoms with van der Waals surface area (Å²) in [5.74, 6) is -1.93. The van der Waals surface area contributed by atoms with Gasteiger partial charge in [0.05, 0.1) is 22.4 Å². The van der Waals surface area contributed by atoms with Crippen LogP contribution in [0.25, 0.3) is 21.5 Å². The summed E-state index contributed by atoms with van der Waals surface area (Å²) in [6.45, 7) is 7.08. The summed E-state index contributed by atoms with van der Waals surface area (Å²) in [5.41, 5.74) is 0.355. The molecule has 8 heteroatoms. The molecule has 0 aliphatic heterocycles. The van der Waals surface area contributed by atoms with E-state index in [0.717, 1.165) is 26.7 Å². The lowest BCUT2D eigenvalue weighted by Crippen LogP contribution is -2.09. The quantitative estimate of drug-likeness (QED) is 0.296. The van der Waals surface area contributed by atoms with Gasteiger partial charge in [0.25, 0.3) is 0 Å². The molecule has 30 heavy (non-hydrogen) atoms. The van der Waals surface area contributed by atoms with E-state index in [1.54, 1.807) is 33.8 Å². The van der Waals surface area contributed by atoms with Crippen molar-refractivity contribution in [2.24, 2.45) is 0 Å². The first-order valence-corrected chi connectivity index (χ1v) is 12.6. The van der Waals surface area contributed by atoms with Crippen molar-refractivity contribution in [1.29, 1.82) is 0 Å². The lowest BCUT2D eigenvalue weighted by molar-refractivity contribution is 0.151. The van der Waals surface area contributed by atoms with Crippen molar-refractivity contribution in [3.05, 3.63) is 69.0 Å². The van der Waals surface area contributed by atoms with Crippen LogP contribution in [0, 0.1) is 11.6 Å². The van der Waals surface area contributed by atoms with Gasteiger partial charge < -0.3 is 9.05 Å². The Balaban J connectivity index is 2.28. The number of fused-ring (bicyclic) bond motifs is 1. The standard InChI is InChI=1S/C22H22BrF2O3PS/c1-13(2)27-29(26,28-14(3)4)19(12-15-9-10-17(24)18(25)11-15)22-21(23)16-7-5-6-8-20(16)30-22/h5-14H,1-4H3. The predicted octanol–water partition coefficient (Wildman–Crippen LogP) is 8.48. The molecule has 3 rings (SSSR count). The minimum atomic E-state index is -3.81. The minimum absolute atomic E-state index is 0.295. The van der Waals surface area contributed by atoms with E-state index in [4.69, 9.17) is 9.05 Å². The van der Waals surface area contributed by atoms with Crippen LogP contribution in [0.1, 0.15) is 38.1 Å². The van der Waals surface area contributed by atoms with Crippen LogP contribution in [0.5, 0.6) is 0 Å². The topological polar surface area (TPSA) is 35.5 Å². The molecular weight excluding hydrogens is 493 g/mol. The van der Waals surface area contributed by atoms with Crippen molar-refractivity contribution in [3.8, 4) is 0 Å². The molecule has 0 N–H and O–H groups in total. The molecule has 0 aliphatic rings. The molecule has 160 valence electrons. The van der Waals surface area contributed by atoms with Crippen LogP contribution in [-0.4, -0.2) is 12.2 Å². The maximum Gasteiger partial charge on any atom is 0.363 e. The van der Waals surface area contributed by atoms with Crippen LogP contribution >= 0.6 is 34.9 Å². The molecule has 0 atom stereocenters. The first-order valence-electron chi connectivity index (χ1n) is 9.42. The normalized spacial score (nSPS) is 13.0. The molecule has 0 saturated heterocycles. The number of hydrogen-bond acceptors (Lipinski definition) is 4. The largest absolute Gasteiger partial charge is 0.363 e. The third-order valence-corrected chi connectivity index (χ3v) is 8.79. The van der Waals surface area contributed by atoms with E-state index < -0.39 is 19.2 Å². The van der Waals surface area contributed by atoms with Crippen LogP contribution in [0.3, 0.4) is 0 Å². The first kappa shape index (κ1) is 23.3. The molecule has 1 heterocycles. The molecular formula is C22H22BrF2O3PS. The Labute approximate surface area is 187 Å². The predicted molar refractivity (Wildman–Crippen MR) is 124 cm³/mol. The second-order valence-electron chi connectivity index (χ2n) is 7.25. The molecule has 0 saturated carbocycles. The number of hydrogen-bond donors (Lipinski definition) is 0. The molecule has 0 aliphatic carbocycles. The molecule has 0 unspecified atom stereocenters. The highest BCUT2D eigenvalue weighted by molar-refractivity contribution is 9.10. The van der Waals surface area contributed by atoms with E-state index in [-0.39, 0.29) is 12.2 Å². The summed E-state index contributed by atoms with van der Waals surface area (Å²) in [6.07, 6.45) is 0.788. The van der Waals surface area contributed by atoms with E-state index in [1.165, 1.54) is 17.4 Å². The number of halogens is 3. The minimum Gasteiger partial charge on any atom is -0.302 e. The van der Waals surface area contributed by atoms with Gasteiger partial charge in [-0.1, -0.05) is 24.3 Å². The highest BCUT2D eigenvalue weighted by atomic mass is 79.9. The van der Waals surface area contributed by atoms with Crippen LogP contribution in [-0.2, 0) is 13.6 Å².